The molecule has 0 saturated carbocycles. The average molecular weight is 468 g/mol. The van der Waals surface area contributed by atoms with Crippen LogP contribution in [0, 0.1) is 0 Å². The largest absolute Gasteiger partial charge is 0.458 e. The monoisotopic (exact) mass is 466 g/mol. The zero-order valence-corrected chi connectivity index (χ0v) is 16.7. The molecule has 2 aromatic carbocycles. The summed E-state index contributed by atoms with van der Waals surface area (Å²) in [4.78, 5) is 23.8. The fraction of sp³-hybridized carbons (Fsp3) is 0.158. The summed E-state index contributed by atoms with van der Waals surface area (Å²) in [6, 6.07) is 14.9. The molecule has 2 rings (SSSR count). The van der Waals surface area contributed by atoms with Crippen molar-refractivity contribution < 1.29 is 19.1 Å². The molecule has 0 aliphatic carbocycles. The Morgan fingerprint density at radius 3 is 1.88 bits per heavy atom. The van der Waals surface area contributed by atoms with Gasteiger partial charge < -0.3 is 9.47 Å². The molecular weight excluding hydrogens is 452 g/mol. The Kier molecular flexibility index (Phi) is 7.40. The van der Waals surface area contributed by atoms with Gasteiger partial charge in [-0.15, -0.1) is 0 Å². The van der Waals surface area contributed by atoms with E-state index in [1.807, 2.05) is 48.5 Å². The molecule has 0 heterocycles. The molecule has 0 radical (unpaired) electrons. The summed E-state index contributed by atoms with van der Waals surface area (Å²) in [5, 5.41) is 0. The molecule has 0 atom stereocenters. The molecule has 0 fully saturated rings. The Hall–Kier alpha value is -1.92. The van der Waals surface area contributed by atoms with Gasteiger partial charge in [-0.25, -0.2) is 9.59 Å². The molecule has 0 spiro atoms. The second-order valence-corrected chi connectivity index (χ2v) is 6.90. The summed E-state index contributed by atoms with van der Waals surface area (Å²) >= 11 is 6.77. The van der Waals surface area contributed by atoms with Crippen molar-refractivity contribution >= 4 is 43.8 Å². The van der Waals surface area contributed by atoms with Gasteiger partial charge in [0.05, 0.1) is 0 Å². The summed E-state index contributed by atoms with van der Waals surface area (Å²) in [6.07, 6.45) is 1.14. The molecule has 0 aliphatic rings. The van der Waals surface area contributed by atoms with Crippen LogP contribution >= 0.6 is 31.9 Å². The third-order valence-corrected chi connectivity index (χ3v) is 4.85. The van der Waals surface area contributed by atoms with Crippen LogP contribution in [0.3, 0.4) is 0 Å². The second-order valence-electron chi connectivity index (χ2n) is 5.19. The Morgan fingerprint density at radius 1 is 0.880 bits per heavy atom. The van der Waals surface area contributed by atoms with Gasteiger partial charge in [-0.05, 0) is 19.1 Å². The number of carbonyl (C=O) groups is 2. The van der Waals surface area contributed by atoms with Gasteiger partial charge in [-0.3, -0.25) is 0 Å². The SMILES string of the molecule is C/C(=C\C(=O)OCc1ccccc1Br)C(=O)OCc1ccccc1Br. The van der Waals surface area contributed by atoms with E-state index in [-0.39, 0.29) is 18.8 Å². The van der Waals surface area contributed by atoms with Crippen LogP contribution in [0.4, 0.5) is 0 Å². The highest BCUT2D eigenvalue weighted by atomic mass is 79.9. The predicted molar refractivity (Wildman–Crippen MR) is 102 cm³/mol. The highest BCUT2D eigenvalue weighted by Gasteiger charge is 2.11. The van der Waals surface area contributed by atoms with E-state index in [9.17, 15) is 9.59 Å². The van der Waals surface area contributed by atoms with Gasteiger partial charge in [0.25, 0.3) is 0 Å². The van der Waals surface area contributed by atoms with Crippen molar-refractivity contribution in [3.05, 3.63) is 80.3 Å². The maximum absolute atomic E-state index is 12.0. The lowest BCUT2D eigenvalue weighted by atomic mass is 10.2. The van der Waals surface area contributed by atoms with Crippen LogP contribution in [0.15, 0.2) is 69.1 Å². The lowest BCUT2D eigenvalue weighted by Crippen LogP contribution is -2.09. The van der Waals surface area contributed by atoms with Crippen LogP contribution in [-0.2, 0) is 32.3 Å². The fourth-order valence-electron chi connectivity index (χ4n) is 1.91. The smallest absolute Gasteiger partial charge is 0.334 e. The van der Waals surface area contributed by atoms with Crippen LogP contribution in [0.1, 0.15) is 18.1 Å². The summed E-state index contributed by atoms with van der Waals surface area (Å²) < 4.78 is 12.1. The molecule has 0 bridgehead atoms. The first-order valence-electron chi connectivity index (χ1n) is 7.46. The Morgan fingerprint density at radius 2 is 1.36 bits per heavy atom. The van der Waals surface area contributed by atoms with Crippen LogP contribution < -0.4 is 0 Å². The molecule has 2 aromatic rings. The molecule has 130 valence electrons. The van der Waals surface area contributed by atoms with E-state index in [0.29, 0.717) is 0 Å². The zero-order valence-electron chi connectivity index (χ0n) is 13.5. The van der Waals surface area contributed by atoms with Gasteiger partial charge in [0.15, 0.2) is 0 Å². The number of esters is 2. The van der Waals surface area contributed by atoms with Crippen molar-refractivity contribution in [2.75, 3.05) is 0 Å². The van der Waals surface area contributed by atoms with Crippen LogP contribution in [0.5, 0.6) is 0 Å². The minimum atomic E-state index is -0.592. The van der Waals surface area contributed by atoms with Gasteiger partial charge >= 0.3 is 11.9 Å². The number of benzene rings is 2. The average Bonchev–Trinajstić information content (AvgIpc) is 2.60. The van der Waals surface area contributed by atoms with E-state index in [1.54, 1.807) is 0 Å². The zero-order chi connectivity index (χ0) is 18.2. The predicted octanol–water partition coefficient (Wildman–Crippen LogP) is 4.94. The van der Waals surface area contributed by atoms with Crippen molar-refractivity contribution in [2.24, 2.45) is 0 Å². The molecule has 0 unspecified atom stereocenters. The highest BCUT2D eigenvalue weighted by molar-refractivity contribution is 9.10. The first-order chi connectivity index (χ1) is 12.0. The lowest BCUT2D eigenvalue weighted by Gasteiger charge is -2.07. The topological polar surface area (TPSA) is 52.6 Å². The maximum Gasteiger partial charge on any atom is 0.334 e. The Balaban J connectivity index is 1.86. The van der Waals surface area contributed by atoms with Crippen LogP contribution in [0.25, 0.3) is 0 Å². The first-order valence-corrected chi connectivity index (χ1v) is 9.05. The van der Waals surface area contributed by atoms with E-state index in [0.717, 1.165) is 26.1 Å². The third-order valence-electron chi connectivity index (χ3n) is 3.30. The molecule has 6 heteroatoms. The summed E-state index contributed by atoms with van der Waals surface area (Å²) in [7, 11) is 0. The number of carbonyl (C=O) groups excluding carboxylic acids is 2. The minimum absolute atomic E-state index is 0.121. The number of hydrogen-bond acceptors (Lipinski definition) is 4. The first kappa shape index (κ1) is 19.4. The van der Waals surface area contributed by atoms with Gasteiger partial charge in [0, 0.05) is 31.7 Å². The highest BCUT2D eigenvalue weighted by Crippen LogP contribution is 2.18. The van der Waals surface area contributed by atoms with Crippen molar-refractivity contribution in [3.8, 4) is 0 Å². The van der Waals surface area contributed by atoms with Crippen molar-refractivity contribution in [1.82, 2.24) is 0 Å². The van der Waals surface area contributed by atoms with Gasteiger partial charge in [0.1, 0.15) is 13.2 Å². The second kappa shape index (κ2) is 9.53. The lowest BCUT2D eigenvalue weighted by molar-refractivity contribution is -0.142. The quantitative estimate of drug-likeness (QED) is 0.445. The number of rotatable bonds is 6. The normalized spacial score (nSPS) is 11.1. The van der Waals surface area contributed by atoms with Crippen LogP contribution in [0.2, 0.25) is 0 Å². The molecule has 0 N–H and O–H groups in total. The number of hydrogen-bond donors (Lipinski definition) is 0. The van der Waals surface area contributed by atoms with E-state index >= 15 is 0 Å². The van der Waals surface area contributed by atoms with E-state index in [2.05, 4.69) is 31.9 Å². The standard InChI is InChI=1S/C19H16Br2O4/c1-13(19(23)25-12-15-7-3-5-9-17(15)21)10-18(22)24-11-14-6-2-4-8-16(14)20/h2-10H,11-12H2,1H3/b13-10+. The Labute approximate surface area is 163 Å². The third kappa shape index (κ3) is 6.14. The number of ether oxygens (including phenoxy) is 2. The van der Waals surface area contributed by atoms with E-state index in [4.69, 9.17) is 9.47 Å². The molecular formula is C19H16Br2O4. The van der Waals surface area contributed by atoms with Crippen molar-refractivity contribution in [1.29, 1.82) is 0 Å². The summed E-state index contributed by atoms with van der Waals surface area (Å²) in [5.41, 5.74) is 1.88. The van der Waals surface area contributed by atoms with Crippen molar-refractivity contribution in [3.63, 3.8) is 0 Å². The molecule has 4 nitrogen and oxygen atoms in total. The van der Waals surface area contributed by atoms with Gasteiger partial charge in [-0.2, -0.15) is 0 Å². The Bertz CT molecular complexity index is 800. The van der Waals surface area contributed by atoms with Crippen LogP contribution in [-0.4, -0.2) is 11.9 Å². The molecule has 0 aromatic heterocycles. The molecule has 0 amide bonds. The minimum Gasteiger partial charge on any atom is -0.458 e. The van der Waals surface area contributed by atoms with E-state index < -0.39 is 11.9 Å². The molecule has 25 heavy (non-hydrogen) atoms. The molecule has 0 saturated heterocycles. The molecule has 0 aliphatic heterocycles. The number of halogens is 2. The van der Waals surface area contributed by atoms with Gasteiger partial charge in [-0.1, -0.05) is 68.3 Å². The summed E-state index contributed by atoms with van der Waals surface area (Å²) in [6.45, 7) is 1.76. The summed E-state index contributed by atoms with van der Waals surface area (Å²) in [5.74, 6) is -1.15. The van der Waals surface area contributed by atoms with Gasteiger partial charge in [0.2, 0.25) is 0 Å². The van der Waals surface area contributed by atoms with E-state index in [1.165, 1.54) is 6.92 Å². The fourth-order valence-corrected chi connectivity index (χ4v) is 2.71. The van der Waals surface area contributed by atoms with Crippen molar-refractivity contribution in [2.45, 2.75) is 20.1 Å². The maximum atomic E-state index is 12.0.